The number of benzene rings is 3. The molecule has 1 heterocycles. The van der Waals surface area contributed by atoms with E-state index in [1.54, 1.807) is 24.3 Å². The number of fused-ring (bicyclic) bond motifs is 1. The van der Waals surface area contributed by atoms with Crippen LogP contribution in [0.1, 0.15) is 15.9 Å². The lowest BCUT2D eigenvalue weighted by Crippen LogP contribution is -2.14. The maximum Gasteiger partial charge on any atom is 0.257 e. The molecular weight excluding hydrogens is 362 g/mol. The van der Waals surface area contributed by atoms with Gasteiger partial charge in [-0.1, -0.05) is 35.0 Å². The number of hydrogen-bond donors (Lipinski definition) is 3. The van der Waals surface area contributed by atoms with Crippen LogP contribution in [0.4, 0.5) is 17.1 Å². The molecule has 0 fully saturated rings. The Kier molecular flexibility index (Phi) is 4.48. The predicted molar refractivity (Wildman–Crippen MR) is 108 cm³/mol. The summed E-state index contributed by atoms with van der Waals surface area (Å²) >= 11 is 6.20. The van der Waals surface area contributed by atoms with E-state index in [1.807, 2.05) is 43.3 Å². The van der Waals surface area contributed by atoms with Gasteiger partial charge in [-0.2, -0.15) is 0 Å². The van der Waals surface area contributed by atoms with Crippen LogP contribution in [0.2, 0.25) is 5.02 Å². The molecule has 0 atom stereocenters. The van der Waals surface area contributed by atoms with Gasteiger partial charge in [0.05, 0.1) is 16.8 Å². The highest BCUT2D eigenvalue weighted by Gasteiger charge is 2.13. The minimum Gasteiger partial charge on any atom is -0.355 e. The molecule has 134 valence electrons. The molecule has 3 N–H and O–H groups in total. The monoisotopic (exact) mass is 377 g/mol. The van der Waals surface area contributed by atoms with Crippen LogP contribution in [-0.2, 0) is 0 Å². The molecule has 0 radical (unpaired) electrons. The molecule has 0 aliphatic heterocycles. The number of anilines is 3. The summed E-state index contributed by atoms with van der Waals surface area (Å²) in [5.74, 6) is -0.218. The van der Waals surface area contributed by atoms with E-state index >= 15 is 0 Å². The van der Waals surface area contributed by atoms with E-state index in [9.17, 15) is 4.79 Å². The van der Waals surface area contributed by atoms with Crippen LogP contribution in [0.15, 0.2) is 60.7 Å². The fourth-order valence-electron chi connectivity index (χ4n) is 2.80. The van der Waals surface area contributed by atoms with Gasteiger partial charge in [0.2, 0.25) is 0 Å². The number of hydrogen-bond acceptors (Lipinski definition) is 4. The second kappa shape index (κ2) is 7.09. The van der Waals surface area contributed by atoms with Gasteiger partial charge in [-0.05, 0) is 55.0 Å². The third kappa shape index (κ3) is 3.47. The lowest BCUT2D eigenvalue weighted by Gasteiger charge is -2.14. The van der Waals surface area contributed by atoms with Gasteiger partial charge >= 0.3 is 0 Å². The summed E-state index contributed by atoms with van der Waals surface area (Å²) in [6.07, 6.45) is 0. The van der Waals surface area contributed by atoms with Crippen molar-refractivity contribution >= 4 is 45.6 Å². The highest BCUT2D eigenvalue weighted by molar-refractivity contribution is 6.31. The van der Waals surface area contributed by atoms with Gasteiger partial charge in [-0.25, -0.2) is 0 Å². The second-order valence-electron chi connectivity index (χ2n) is 6.08. The Morgan fingerprint density at radius 2 is 1.85 bits per heavy atom. The highest BCUT2D eigenvalue weighted by atomic mass is 35.5. The minimum atomic E-state index is -0.218. The van der Waals surface area contributed by atoms with Crippen LogP contribution in [0.25, 0.3) is 11.0 Å². The molecule has 0 saturated heterocycles. The molecule has 1 aromatic heterocycles. The lowest BCUT2D eigenvalue weighted by atomic mass is 10.1. The van der Waals surface area contributed by atoms with Crippen LogP contribution in [0.3, 0.4) is 0 Å². The molecule has 0 unspecified atom stereocenters. The first-order valence-electron chi connectivity index (χ1n) is 8.35. The number of nitrogens with zero attached hydrogens (tertiary/aromatic N) is 2. The molecule has 0 spiro atoms. The molecule has 4 aromatic rings. The Bertz CT molecular complexity index is 1140. The number of nitrogens with one attached hydrogen (secondary N) is 3. The van der Waals surface area contributed by atoms with Gasteiger partial charge in [0.25, 0.3) is 5.91 Å². The zero-order valence-corrected chi connectivity index (χ0v) is 15.2. The first kappa shape index (κ1) is 17.1. The first-order valence-corrected chi connectivity index (χ1v) is 8.73. The van der Waals surface area contributed by atoms with E-state index in [0.717, 1.165) is 22.3 Å². The van der Waals surface area contributed by atoms with Crippen LogP contribution in [0, 0.1) is 6.92 Å². The predicted octanol–water partition coefficient (Wildman–Crippen LogP) is 4.92. The Labute approximate surface area is 160 Å². The number of amides is 1. The summed E-state index contributed by atoms with van der Waals surface area (Å²) in [6, 6.07) is 18.3. The number of halogens is 1. The molecule has 0 aliphatic carbocycles. The van der Waals surface area contributed by atoms with Crippen LogP contribution in [0.5, 0.6) is 0 Å². The van der Waals surface area contributed by atoms with Crippen molar-refractivity contribution in [3.8, 4) is 0 Å². The fourth-order valence-corrected chi connectivity index (χ4v) is 2.97. The van der Waals surface area contributed by atoms with Crippen molar-refractivity contribution in [3.05, 3.63) is 76.8 Å². The number of aromatic amines is 1. The summed E-state index contributed by atoms with van der Waals surface area (Å²) in [4.78, 5) is 12.8. The molecule has 27 heavy (non-hydrogen) atoms. The Morgan fingerprint density at radius 1 is 1.04 bits per heavy atom. The molecule has 6 nitrogen and oxygen atoms in total. The summed E-state index contributed by atoms with van der Waals surface area (Å²) in [6.45, 7) is 1.93. The maximum absolute atomic E-state index is 12.8. The average molecular weight is 378 g/mol. The summed E-state index contributed by atoms with van der Waals surface area (Å²) < 4.78 is 0. The van der Waals surface area contributed by atoms with Crippen molar-refractivity contribution in [2.45, 2.75) is 6.92 Å². The van der Waals surface area contributed by atoms with Crippen molar-refractivity contribution in [3.63, 3.8) is 0 Å². The third-order valence-corrected chi connectivity index (χ3v) is 4.70. The van der Waals surface area contributed by atoms with Gasteiger partial charge in [0, 0.05) is 16.4 Å². The highest BCUT2D eigenvalue weighted by Crippen LogP contribution is 2.28. The Hall–Kier alpha value is -3.38. The van der Waals surface area contributed by atoms with Gasteiger partial charge in [-0.3, -0.25) is 9.89 Å². The van der Waals surface area contributed by atoms with Crippen molar-refractivity contribution in [1.29, 1.82) is 0 Å². The maximum atomic E-state index is 12.8. The molecule has 1 amide bonds. The van der Waals surface area contributed by atoms with Crippen LogP contribution in [-0.4, -0.2) is 21.3 Å². The zero-order valence-electron chi connectivity index (χ0n) is 14.5. The summed E-state index contributed by atoms with van der Waals surface area (Å²) in [7, 11) is 0. The third-order valence-electron chi connectivity index (χ3n) is 4.29. The summed E-state index contributed by atoms with van der Waals surface area (Å²) in [5.41, 5.74) is 5.16. The zero-order chi connectivity index (χ0) is 18.8. The topological polar surface area (TPSA) is 82.7 Å². The average Bonchev–Trinajstić information content (AvgIpc) is 3.13. The first-order chi connectivity index (χ1) is 13.1. The largest absolute Gasteiger partial charge is 0.355 e. The van der Waals surface area contributed by atoms with E-state index in [0.29, 0.717) is 22.0 Å². The van der Waals surface area contributed by atoms with Gasteiger partial charge < -0.3 is 10.6 Å². The van der Waals surface area contributed by atoms with Crippen LogP contribution < -0.4 is 10.6 Å². The number of aromatic nitrogens is 3. The van der Waals surface area contributed by atoms with Crippen LogP contribution >= 0.6 is 11.6 Å². The number of carbonyl (C=O) groups is 1. The minimum absolute atomic E-state index is 0.218. The van der Waals surface area contributed by atoms with E-state index < -0.39 is 0 Å². The molecule has 4 rings (SSSR count). The second-order valence-corrected chi connectivity index (χ2v) is 6.49. The number of rotatable bonds is 4. The standard InChI is InChI=1S/C20H16ClN5O/c1-12-15(21)6-4-8-16(12)23-17-7-3-2-5-14(17)20(27)22-13-9-10-18-19(11-13)25-26-24-18/h2-11,23H,1H3,(H,22,27)(H,24,25,26). The molecule has 0 saturated carbocycles. The van der Waals surface area contributed by atoms with Crippen molar-refractivity contribution < 1.29 is 4.79 Å². The number of para-hydroxylation sites is 1. The number of H-pyrrole nitrogens is 1. The van der Waals surface area contributed by atoms with Gasteiger partial charge in [0.15, 0.2) is 0 Å². The van der Waals surface area contributed by atoms with Crippen molar-refractivity contribution in [2.24, 2.45) is 0 Å². The smallest absolute Gasteiger partial charge is 0.257 e. The quantitative estimate of drug-likeness (QED) is 0.471. The molecule has 3 aromatic carbocycles. The SMILES string of the molecule is Cc1c(Cl)cccc1Nc1ccccc1C(=O)Nc1ccc2nn[nH]c2c1. The molecular formula is C20H16ClN5O. The van der Waals surface area contributed by atoms with E-state index in [-0.39, 0.29) is 5.91 Å². The molecule has 0 aliphatic rings. The fraction of sp³-hybridized carbons (Fsp3) is 0.0500. The van der Waals surface area contributed by atoms with Crippen molar-refractivity contribution in [2.75, 3.05) is 10.6 Å². The lowest BCUT2D eigenvalue weighted by molar-refractivity contribution is 0.102. The summed E-state index contributed by atoms with van der Waals surface area (Å²) in [5, 5.41) is 17.4. The molecule has 0 bridgehead atoms. The van der Waals surface area contributed by atoms with E-state index in [1.165, 1.54) is 0 Å². The molecule has 7 heteroatoms. The van der Waals surface area contributed by atoms with E-state index in [4.69, 9.17) is 11.6 Å². The van der Waals surface area contributed by atoms with Crippen molar-refractivity contribution in [1.82, 2.24) is 15.4 Å². The number of carbonyl (C=O) groups excluding carboxylic acids is 1. The van der Waals surface area contributed by atoms with Gasteiger partial charge in [0.1, 0.15) is 5.52 Å². The van der Waals surface area contributed by atoms with Gasteiger partial charge in [-0.15, -0.1) is 5.10 Å². The normalized spacial score (nSPS) is 10.7. The Balaban J connectivity index is 1.61. The Morgan fingerprint density at radius 3 is 2.74 bits per heavy atom. The van der Waals surface area contributed by atoms with E-state index in [2.05, 4.69) is 26.0 Å².